The van der Waals surface area contributed by atoms with Gasteiger partial charge in [0, 0.05) is 11.7 Å². The monoisotopic (exact) mass is 316 g/mol. The van der Waals surface area contributed by atoms with Crippen LogP contribution < -0.4 is 5.73 Å². The first-order valence-corrected chi connectivity index (χ1v) is 9.23. The molecule has 0 saturated heterocycles. The number of hydrogen-bond acceptors (Lipinski definition) is 3. The summed E-state index contributed by atoms with van der Waals surface area (Å²) in [6, 6.07) is 11.2. The van der Waals surface area contributed by atoms with Crippen LogP contribution in [-0.2, 0) is 12.8 Å². The number of nitrogen functional groups attached to an aromatic ring is 1. The zero-order valence-electron chi connectivity index (χ0n) is 13.8. The molecule has 0 bridgehead atoms. The third-order valence-corrected chi connectivity index (χ3v) is 5.01. The van der Waals surface area contributed by atoms with E-state index in [-0.39, 0.29) is 0 Å². The van der Waals surface area contributed by atoms with Gasteiger partial charge >= 0.3 is 0 Å². The Hall–Kier alpha value is -1.32. The average molecular weight is 317 g/mol. The van der Waals surface area contributed by atoms with E-state index in [1.807, 2.05) is 12.1 Å². The summed E-state index contributed by atoms with van der Waals surface area (Å²) in [5, 5.41) is 4.44. The van der Waals surface area contributed by atoms with E-state index in [1.165, 1.54) is 30.5 Å². The molecule has 1 aromatic heterocycles. The summed E-state index contributed by atoms with van der Waals surface area (Å²) < 4.78 is 0. The van der Waals surface area contributed by atoms with Crippen LogP contribution in [0.1, 0.15) is 37.8 Å². The van der Waals surface area contributed by atoms with Crippen molar-refractivity contribution in [1.29, 1.82) is 0 Å². The van der Waals surface area contributed by atoms with Crippen LogP contribution in [0.4, 0.5) is 5.69 Å². The topological polar surface area (TPSA) is 29.3 Å². The van der Waals surface area contributed by atoms with E-state index >= 15 is 0 Å². The number of aryl methyl sites for hydroxylation is 1. The van der Waals surface area contributed by atoms with Gasteiger partial charge in [0.2, 0.25) is 0 Å². The quantitative estimate of drug-likeness (QED) is 0.541. The van der Waals surface area contributed by atoms with Gasteiger partial charge in [0.25, 0.3) is 0 Å². The van der Waals surface area contributed by atoms with Crippen molar-refractivity contribution < 1.29 is 0 Å². The van der Waals surface area contributed by atoms with Crippen molar-refractivity contribution in [1.82, 2.24) is 4.90 Å². The Labute approximate surface area is 139 Å². The van der Waals surface area contributed by atoms with E-state index in [2.05, 4.69) is 47.7 Å². The second-order valence-electron chi connectivity index (χ2n) is 6.01. The summed E-state index contributed by atoms with van der Waals surface area (Å²) in [6.07, 6.45) is 4.81. The van der Waals surface area contributed by atoms with Gasteiger partial charge in [-0.15, -0.1) is 0 Å². The summed E-state index contributed by atoms with van der Waals surface area (Å²) in [6.45, 7) is 6.94. The fourth-order valence-electron chi connectivity index (χ4n) is 2.90. The van der Waals surface area contributed by atoms with Crippen molar-refractivity contribution in [3.63, 3.8) is 0 Å². The molecular weight excluding hydrogens is 288 g/mol. The molecule has 0 fully saturated rings. The maximum Gasteiger partial charge on any atom is 0.0314 e. The molecule has 1 heterocycles. The predicted octanol–water partition coefficient (Wildman–Crippen LogP) is 4.61. The van der Waals surface area contributed by atoms with Crippen molar-refractivity contribution >= 4 is 17.0 Å². The minimum absolute atomic E-state index is 0.621. The Kier molecular flexibility index (Phi) is 6.94. The largest absolute Gasteiger partial charge is 0.399 e. The van der Waals surface area contributed by atoms with E-state index in [1.54, 1.807) is 11.3 Å². The summed E-state index contributed by atoms with van der Waals surface area (Å²) in [7, 11) is 0. The molecule has 2 nitrogen and oxygen atoms in total. The van der Waals surface area contributed by atoms with Crippen LogP contribution >= 0.6 is 11.3 Å². The Morgan fingerprint density at radius 2 is 1.86 bits per heavy atom. The average Bonchev–Trinajstić information content (AvgIpc) is 3.02. The van der Waals surface area contributed by atoms with Gasteiger partial charge in [-0.05, 0) is 85.8 Å². The summed E-state index contributed by atoms with van der Waals surface area (Å²) in [5.74, 6) is 0. The third kappa shape index (κ3) is 5.47. The normalized spacial score (nSPS) is 12.7. The number of hydrogen-bond donors (Lipinski definition) is 1. The van der Waals surface area contributed by atoms with E-state index in [9.17, 15) is 0 Å². The van der Waals surface area contributed by atoms with Gasteiger partial charge in [-0.2, -0.15) is 11.3 Å². The van der Waals surface area contributed by atoms with Crippen LogP contribution in [0.5, 0.6) is 0 Å². The van der Waals surface area contributed by atoms with Crippen LogP contribution in [-0.4, -0.2) is 24.0 Å². The SMILES string of the molecule is CCN(CCCCc1ccc(N)cc1)C(C)Cc1ccsc1. The number of nitrogens with two attached hydrogens (primary N) is 1. The molecule has 0 aliphatic rings. The molecule has 2 rings (SSSR count). The van der Waals surface area contributed by atoms with Crippen molar-refractivity contribution in [2.75, 3.05) is 18.8 Å². The van der Waals surface area contributed by atoms with Crippen LogP contribution in [0.15, 0.2) is 41.1 Å². The molecule has 0 aliphatic carbocycles. The third-order valence-electron chi connectivity index (χ3n) is 4.28. The predicted molar refractivity (Wildman–Crippen MR) is 98.5 cm³/mol. The zero-order valence-corrected chi connectivity index (χ0v) is 14.6. The van der Waals surface area contributed by atoms with E-state index in [0.717, 1.165) is 25.1 Å². The smallest absolute Gasteiger partial charge is 0.0314 e. The molecule has 120 valence electrons. The number of anilines is 1. The number of unbranched alkanes of at least 4 members (excludes halogenated alkanes) is 1. The van der Waals surface area contributed by atoms with Crippen LogP contribution in [0, 0.1) is 0 Å². The number of thiophene rings is 1. The number of likely N-dealkylation sites (N-methyl/N-ethyl adjacent to an activating group) is 1. The maximum atomic E-state index is 5.72. The molecular formula is C19H28N2S. The fraction of sp³-hybridized carbons (Fsp3) is 0.474. The molecule has 2 N–H and O–H groups in total. The molecule has 1 atom stereocenters. The lowest BCUT2D eigenvalue weighted by atomic mass is 10.1. The molecule has 1 aromatic carbocycles. The highest BCUT2D eigenvalue weighted by atomic mass is 32.1. The van der Waals surface area contributed by atoms with Gasteiger partial charge in [-0.25, -0.2) is 0 Å². The standard InChI is InChI=1S/C19H28N2S/c1-3-21(16(2)14-18-11-13-22-15-18)12-5-4-6-17-7-9-19(20)10-8-17/h7-11,13,15-16H,3-6,12,14,20H2,1-2H3. The number of benzene rings is 1. The summed E-state index contributed by atoms with van der Waals surface area (Å²) in [5.41, 5.74) is 9.43. The molecule has 0 spiro atoms. The lowest BCUT2D eigenvalue weighted by Gasteiger charge is -2.27. The second-order valence-corrected chi connectivity index (χ2v) is 6.79. The molecule has 3 heteroatoms. The first-order valence-electron chi connectivity index (χ1n) is 8.28. The van der Waals surface area contributed by atoms with Gasteiger partial charge in [0.05, 0.1) is 0 Å². The van der Waals surface area contributed by atoms with E-state index in [0.29, 0.717) is 6.04 Å². The molecule has 0 radical (unpaired) electrons. The van der Waals surface area contributed by atoms with Gasteiger partial charge in [-0.3, -0.25) is 0 Å². The zero-order chi connectivity index (χ0) is 15.8. The summed E-state index contributed by atoms with van der Waals surface area (Å²) in [4.78, 5) is 2.60. The van der Waals surface area contributed by atoms with Gasteiger partial charge in [-0.1, -0.05) is 19.1 Å². The Morgan fingerprint density at radius 1 is 1.09 bits per heavy atom. The number of nitrogens with zero attached hydrogens (tertiary/aromatic N) is 1. The Morgan fingerprint density at radius 3 is 2.50 bits per heavy atom. The molecule has 2 aromatic rings. The van der Waals surface area contributed by atoms with Gasteiger partial charge in [0.1, 0.15) is 0 Å². The summed E-state index contributed by atoms with van der Waals surface area (Å²) >= 11 is 1.79. The van der Waals surface area contributed by atoms with E-state index in [4.69, 9.17) is 5.73 Å². The van der Waals surface area contributed by atoms with Crippen molar-refractivity contribution in [3.05, 3.63) is 52.2 Å². The molecule has 22 heavy (non-hydrogen) atoms. The van der Waals surface area contributed by atoms with Crippen LogP contribution in [0.25, 0.3) is 0 Å². The highest BCUT2D eigenvalue weighted by Crippen LogP contribution is 2.14. The lowest BCUT2D eigenvalue weighted by Crippen LogP contribution is -2.35. The fourth-order valence-corrected chi connectivity index (χ4v) is 3.58. The molecule has 0 amide bonds. The van der Waals surface area contributed by atoms with Crippen molar-refractivity contribution in [2.45, 2.75) is 45.6 Å². The molecule has 0 aliphatic heterocycles. The van der Waals surface area contributed by atoms with Crippen LogP contribution in [0.2, 0.25) is 0 Å². The highest BCUT2D eigenvalue weighted by Gasteiger charge is 2.12. The molecule has 0 saturated carbocycles. The van der Waals surface area contributed by atoms with Crippen molar-refractivity contribution in [3.8, 4) is 0 Å². The molecule has 1 unspecified atom stereocenters. The van der Waals surface area contributed by atoms with E-state index < -0.39 is 0 Å². The van der Waals surface area contributed by atoms with Crippen molar-refractivity contribution in [2.24, 2.45) is 0 Å². The minimum atomic E-state index is 0.621. The highest BCUT2D eigenvalue weighted by molar-refractivity contribution is 7.07. The van der Waals surface area contributed by atoms with Gasteiger partial charge in [0.15, 0.2) is 0 Å². The maximum absolute atomic E-state index is 5.72. The second kappa shape index (κ2) is 8.96. The lowest BCUT2D eigenvalue weighted by molar-refractivity contribution is 0.214. The first-order chi connectivity index (χ1) is 10.7. The number of rotatable bonds is 9. The Bertz CT molecular complexity index is 519. The minimum Gasteiger partial charge on any atom is -0.399 e. The van der Waals surface area contributed by atoms with Gasteiger partial charge < -0.3 is 10.6 Å². The van der Waals surface area contributed by atoms with Crippen LogP contribution in [0.3, 0.4) is 0 Å². The Balaban J connectivity index is 1.70. The first kappa shape index (κ1) is 17.0.